The van der Waals surface area contributed by atoms with Crippen LogP contribution in [-0.2, 0) is 11.2 Å². The Hall–Kier alpha value is -0.930. The van der Waals surface area contributed by atoms with E-state index in [9.17, 15) is 0 Å². The van der Waals surface area contributed by atoms with Crippen molar-refractivity contribution >= 4 is 11.6 Å². The van der Waals surface area contributed by atoms with E-state index in [1.807, 2.05) is 18.2 Å². The van der Waals surface area contributed by atoms with Gasteiger partial charge in [-0.2, -0.15) is 0 Å². The van der Waals surface area contributed by atoms with Crippen LogP contribution in [0.15, 0.2) is 18.2 Å². The lowest BCUT2D eigenvalue weighted by Crippen LogP contribution is -2.28. The Bertz CT molecular complexity index is 477. The van der Waals surface area contributed by atoms with Gasteiger partial charge in [-0.05, 0) is 43.9 Å². The Labute approximate surface area is 132 Å². The third kappa shape index (κ3) is 3.46. The van der Waals surface area contributed by atoms with E-state index in [0.29, 0.717) is 11.8 Å². The number of hydrogen-bond donors (Lipinski definition) is 0. The van der Waals surface area contributed by atoms with Crippen LogP contribution < -0.4 is 9.47 Å². The first kappa shape index (κ1) is 16.4. The zero-order chi connectivity index (χ0) is 15.6. The van der Waals surface area contributed by atoms with Crippen LogP contribution in [0.1, 0.15) is 26.3 Å². The molecule has 0 saturated carbocycles. The normalized spacial score (nSPS) is 30.2. The average Bonchev–Trinajstić information content (AvgIpc) is 2.71. The summed E-state index contributed by atoms with van der Waals surface area (Å²) in [4.78, 5) is 0. The molecule has 2 rings (SSSR count). The van der Waals surface area contributed by atoms with Crippen molar-refractivity contribution in [3.63, 3.8) is 0 Å². The number of alkyl halides is 1. The average molecular weight is 313 g/mol. The van der Waals surface area contributed by atoms with Crippen molar-refractivity contribution in [3.05, 3.63) is 23.8 Å². The second kappa shape index (κ2) is 6.89. The highest BCUT2D eigenvalue weighted by molar-refractivity contribution is 6.21. The SMILES string of the molecule is COc1ccc(CC(Cl)C2C(C)OC(C)C2C)cc1OC. The highest BCUT2D eigenvalue weighted by Gasteiger charge is 2.40. The fourth-order valence-corrected chi connectivity index (χ4v) is 3.90. The van der Waals surface area contributed by atoms with Gasteiger partial charge in [-0.1, -0.05) is 13.0 Å². The van der Waals surface area contributed by atoms with Crippen LogP contribution in [0.5, 0.6) is 11.5 Å². The molecule has 21 heavy (non-hydrogen) atoms. The van der Waals surface area contributed by atoms with Gasteiger partial charge in [0.15, 0.2) is 11.5 Å². The van der Waals surface area contributed by atoms with Gasteiger partial charge in [0.1, 0.15) is 0 Å². The molecule has 0 radical (unpaired) electrons. The summed E-state index contributed by atoms with van der Waals surface area (Å²) in [6.45, 7) is 6.47. The summed E-state index contributed by atoms with van der Waals surface area (Å²) in [5.74, 6) is 2.33. The zero-order valence-corrected chi connectivity index (χ0v) is 14.2. The molecule has 1 aliphatic rings. The van der Waals surface area contributed by atoms with Gasteiger partial charge in [0, 0.05) is 11.3 Å². The van der Waals surface area contributed by atoms with E-state index in [2.05, 4.69) is 20.8 Å². The van der Waals surface area contributed by atoms with Crippen LogP contribution in [0.4, 0.5) is 0 Å². The molecule has 118 valence electrons. The van der Waals surface area contributed by atoms with E-state index in [-0.39, 0.29) is 17.6 Å². The highest BCUT2D eigenvalue weighted by atomic mass is 35.5. The lowest BCUT2D eigenvalue weighted by Gasteiger charge is -2.24. The molecule has 3 nitrogen and oxygen atoms in total. The molecule has 0 N–H and O–H groups in total. The van der Waals surface area contributed by atoms with Crippen LogP contribution in [0.25, 0.3) is 0 Å². The number of halogens is 1. The van der Waals surface area contributed by atoms with Crippen molar-refractivity contribution in [1.82, 2.24) is 0 Å². The lowest BCUT2D eigenvalue weighted by atomic mass is 9.84. The number of hydrogen-bond acceptors (Lipinski definition) is 3. The number of methoxy groups -OCH3 is 2. The first-order chi connectivity index (χ1) is 9.97. The van der Waals surface area contributed by atoms with Gasteiger partial charge >= 0.3 is 0 Å². The van der Waals surface area contributed by atoms with E-state index in [4.69, 9.17) is 25.8 Å². The molecule has 0 bridgehead atoms. The minimum atomic E-state index is 0.0538. The topological polar surface area (TPSA) is 27.7 Å². The molecule has 1 aromatic carbocycles. The second-order valence-electron chi connectivity index (χ2n) is 5.89. The van der Waals surface area contributed by atoms with Crippen molar-refractivity contribution in [2.24, 2.45) is 11.8 Å². The van der Waals surface area contributed by atoms with E-state index in [1.54, 1.807) is 14.2 Å². The van der Waals surface area contributed by atoms with E-state index in [1.165, 1.54) is 0 Å². The molecule has 0 spiro atoms. The molecule has 1 fully saturated rings. The Balaban J connectivity index is 2.11. The monoisotopic (exact) mass is 312 g/mol. The Morgan fingerprint density at radius 2 is 1.76 bits per heavy atom. The van der Waals surface area contributed by atoms with Gasteiger partial charge in [0.2, 0.25) is 0 Å². The summed E-state index contributed by atoms with van der Waals surface area (Å²) in [6.07, 6.45) is 1.28. The summed E-state index contributed by atoms with van der Waals surface area (Å²) in [5, 5.41) is 0.0538. The first-order valence-corrected chi connectivity index (χ1v) is 7.92. The fourth-order valence-electron chi connectivity index (χ4n) is 3.29. The van der Waals surface area contributed by atoms with Crippen LogP contribution >= 0.6 is 11.6 Å². The summed E-state index contributed by atoms with van der Waals surface area (Å²) < 4.78 is 16.5. The third-order valence-electron chi connectivity index (χ3n) is 4.62. The van der Waals surface area contributed by atoms with Crippen molar-refractivity contribution in [2.45, 2.75) is 44.8 Å². The maximum absolute atomic E-state index is 6.69. The molecule has 1 heterocycles. The summed E-state index contributed by atoms with van der Waals surface area (Å²) in [7, 11) is 3.29. The van der Waals surface area contributed by atoms with Crippen molar-refractivity contribution in [1.29, 1.82) is 0 Å². The van der Waals surface area contributed by atoms with Crippen molar-refractivity contribution in [3.8, 4) is 11.5 Å². The van der Waals surface area contributed by atoms with Gasteiger partial charge in [-0.25, -0.2) is 0 Å². The minimum absolute atomic E-state index is 0.0538. The Kier molecular flexibility index (Phi) is 5.39. The van der Waals surface area contributed by atoms with Gasteiger partial charge in [0.25, 0.3) is 0 Å². The van der Waals surface area contributed by atoms with Crippen molar-refractivity contribution in [2.75, 3.05) is 14.2 Å². The van der Waals surface area contributed by atoms with Gasteiger partial charge in [0.05, 0.1) is 26.4 Å². The van der Waals surface area contributed by atoms with Crippen LogP contribution in [0.3, 0.4) is 0 Å². The van der Waals surface area contributed by atoms with Gasteiger partial charge in [-0.3, -0.25) is 0 Å². The molecule has 1 saturated heterocycles. The molecule has 5 atom stereocenters. The molecule has 5 unspecified atom stereocenters. The zero-order valence-electron chi connectivity index (χ0n) is 13.4. The predicted octanol–water partition coefficient (Wildman–Crippen LogP) is 3.91. The minimum Gasteiger partial charge on any atom is -0.493 e. The third-order valence-corrected chi connectivity index (χ3v) is 5.06. The largest absolute Gasteiger partial charge is 0.493 e. The molecular formula is C17H25ClO3. The van der Waals surface area contributed by atoms with Crippen LogP contribution in [0, 0.1) is 11.8 Å². The van der Waals surface area contributed by atoms with Crippen LogP contribution in [-0.4, -0.2) is 31.8 Å². The molecule has 4 heteroatoms. The van der Waals surface area contributed by atoms with Gasteiger partial charge < -0.3 is 14.2 Å². The summed E-state index contributed by atoms with van der Waals surface area (Å²) >= 11 is 6.69. The summed E-state index contributed by atoms with van der Waals surface area (Å²) in [5.41, 5.74) is 1.16. The van der Waals surface area contributed by atoms with Crippen LogP contribution in [0.2, 0.25) is 0 Å². The maximum Gasteiger partial charge on any atom is 0.160 e. The Morgan fingerprint density at radius 3 is 2.29 bits per heavy atom. The molecule has 0 amide bonds. The fraction of sp³-hybridized carbons (Fsp3) is 0.647. The molecule has 0 aliphatic carbocycles. The Morgan fingerprint density at radius 1 is 1.10 bits per heavy atom. The number of benzene rings is 1. The van der Waals surface area contributed by atoms with Gasteiger partial charge in [-0.15, -0.1) is 11.6 Å². The lowest BCUT2D eigenvalue weighted by molar-refractivity contribution is 0.0508. The maximum atomic E-state index is 6.69. The van der Waals surface area contributed by atoms with E-state index in [0.717, 1.165) is 23.5 Å². The second-order valence-corrected chi connectivity index (χ2v) is 6.45. The molecule has 1 aromatic rings. The highest BCUT2D eigenvalue weighted by Crippen LogP contribution is 2.38. The first-order valence-electron chi connectivity index (χ1n) is 7.48. The molecule has 0 aromatic heterocycles. The molecule has 1 aliphatic heterocycles. The smallest absolute Gasteiger partial charge is 0.160 e. The van der Waals surface area contributed by atoms with E-state index >= 15 is 0 Å². The standard InChI is InChI=1S/C17H25ClO3/c1-10-11(2)21-12(3)17(10)14(18)8-13-6-7-15(19-4)16(9-13)20-5/h6-7,9-12,14,17H,8H2,1-5H3. The molecular weight excluding hydrogens is 288 g/mol. The number of ether oxygens (including phenoxy) is 3. The number of rotatable bonds is 5. The van der Waals surface area contributed by atoms with E-state index < -0.39 is 0 Å². The quantitative estimate of drug-likeness (QED) is 0.771. The predicted molar refractivity (Wildman–Crippen MR) is 85.6 cm³/mol. The van der Waals surface area contributed by atoms with Crippen molar-refractivity contribution < 1.29 is 14.2 Å². The summed E-state index contributed by atoms with van der Waals surface area (Å²) in [6, 6.07) is 5.98.